The molecule has 1 aromatic rings. The van der Waals surface area contributed by atoms with Crippen LogP contribution in [0.3, 0.4) is 0 Å². The lowest BCUT2D eigenvalue weighted by atomic mass is 10.2. The molecule has 1 unspecified atom stereocenters. The first-order valence-electron chi connectivity index (χ1n) is 4.63. The summed E-state index contributed by atoms with van der Waals surface area (Å²) in [6, 6.07) is 5.13. The Morgan fingerprint density at radius 2 is 2.29 bits per heavy atom. The van der Waals surface area contributed by atoms with Crippen LogP contribution < -0.4 is 4.74 Å². The molecule has 0 saturated carbocycles. The number of hydrogen-bond donors (Lipinski definition) is 0. The van der Waals surface area contributed by atoms with Gasteiger partial charge in [-0.3, -0.25) is 0 Å². The van der Waals surface area contributed by atoms with E-state index in [1.165, 1.54) is 0 Å². The SMILES string of the molecule is Cc1cccc(OCC2(C)CO2)c1F. The maximum Gasteiger partial charge on any atom is 0.167 e. The number of aryl methyl sites for hydroxylation is 1. The molecule has 0 bridgehead atoms. The molecule has 0 radical (unpaired) electrons. The van der Waals surface area contributed by atoms with Gasteiger partial charge in [0.25, 0.3) is 0 Å². The van der Waals surface area contributed by atoms with Gasteiger partial charge in [0, 0.05) is 0 Å². The van der Waals surface area contributed by atoms with E-state index >= 15 is 0 Å². The van der Waals surface area contributed by atoms with Gasteiger partial charge < -0.3 is 9.47 Å². The van der Waals surface area contributed by atoms with E-state index < -0.39 is 0 Å². The zero-order valence-electron chi connectivity index (χ0n) is 8.34. The molecular weight excluding hydrogens is 183 g/mol. The van der Waals surface area contributed by atoms with Crippen LogP contribution >= 0.6 is 0 Å². The Hall–Kier alpha value is -1.09. The molecule has 1 aromatic carbocycles. The third kappa shape index (κ3) is 1.87. The van der Waals surface area contributed by atoms with Crippen molar-refractivity contribution in [1.29, 1.82) is 0 Å². The third-order valence-corrected chi connectivity index (χ3v) is 2.33. The van der Waals surface area contributed by atoms with Gasteiger partial charge in [-0.2, -0.15) is 0 Å². The van der Waals surface area contributed by atoms with E-state index in [2.05, 4.69) is 0 Å². The van der Waals surface area contributed by atoms with E-state index in [0.29, 0.717) is 24.5 Å². The summed E-state index contributed by atoms with van der Waals surface area (Å²) in [5.41, 5.74) is 0.403. The van der Waals surface area contributed by atoms with Crippen molar-refractivity contribution in [2.75, 3.05) is 13.2 Å². The van der Waals surface area contributed by atoms with E-state index in [1.807, 2.05) is 6.92 Å². The zero-order valence-corrected chi connectivity index (χ0v) is 8.34. The number of hydrogen-bond acceptors (Lipinski definition) is 2. The largest absolute Gasteiger partial charge is 0.487 e. The van der Waals surface area contributed by atoms with Gasteiger partial charge in [0.2, 0.25) is 0 Å². The van der Waals surface area contributed by atoms with Crippen LogP contribution in [0.2, 0.25) is 0 Å². The van der Waals surface area contributed by atoms with Gasteiger partial charge in [-0.05, 0) is 25.5 Å². The first-order chi connectivity index (χ1) is 6.61. The first-order valence-corrected chi connectivity index (χ1v) is 4.63. The quantitative estimate of drug-likeness (QED) is 0.692. The van der Waals surface area contributed by atoms with Crippen molar-refractivity contribution in [2.45, 2.75) is 19.4 Å². The van der Waals surface area contributed by atoms with Gasteiger partial charge in [0.1, 0.15) is 12.2 Å². The van der Waals surface area contributed by atoms with E-state index in [4.69, 9.17) is 9.47 Å². The van der Waals surface area contributed by atoms with Crippen molar-refractivity contribution in [3.63, 3.8) is 0 Å². The standard InChI is InChI=1S/C11H13FO2/c1-8-4-3-5-9(10(8)12)13-6-11(2)7-14-11/h3-5H,6-7H2,1-2H3. The highest BCUT2D eigenvalue weighted by atomic mass is 19.1. The maximum atomic E-state index is 13.4. The molecule has 1 aliphatic rings. The Morgan fingerprint density at radius 1 is 1.57 bits per heavy atom. The van der Waals surface area contributed by atoms with Gasteiger partial charge in [0.05, 0.1) is 6.61 Å². The van der Waals surface area contributed by atoms with Crippen LogP contribution in [-0.4, -0.2) is 18.8 Å². The Kier molecular flexibility index (Phi) is 2.19. The Labute approximate surface area is 82.6 Å². The summed E-state index contributed by atoms with van der Waals surface area (Å²) in [6.45, 7) is 4.77. The molecular formula is C11H13FO2. The molecule has 2 nitrogen and oxygen atoms in total. The fraction of sp³-hybridized carbons (Fsp3) is 0.455. The smallest absolute Gasteiger partial charge is 0.167 e. The molecule has 1 atom stereocenters. The Bertz CT molecular complexity index is 345. The highest BCUT2D eigenvalue weighted by Crippen LogP contribution is 2.28. The van der Waals surface area contributed by atoms with E-state index in [0.717, 1.165) is 0 Å². The van der Waals surface area contributed by atoms with Gasteiger partial charge in [0.15, 0.2) is 11.6 Å². The minimum atomic E-state index is -0.281. The first kappa shape index (κ1) is 9.46. The van der Waals surface area contributed by atoms with Crippen LogP contribution in [0, 0.1) is 12.7 Å². The van der Waals surface area contributed by atoms with Crippen molar-refractivity contribution < 1.29 is 13.9 Å². The van der Waals surface area contributed by atoms with Gasteiger partial charge >= 0.3 is 0 Å². The Morgan fingerprint density at radius 3 is 2.93 bits per heavy atom. The summed E-state index contributed by atoms with van der Waals surface area (Å²) in [4.78, 5) is 0. The van der Waals surface area contributed by atoms with Crippen molar-refractivity contribution in [3.05, 3.63) is 29.6 Å². The van der Waals surface area contributed by atoms with E-state index in [9.17, 15) is 4.39 Å². The summed E-state index contributed by atoms with van der Waals surface area (Å²) in [5, 5.41) is 0. The molecule has 0 spiro atoms. The summed E-state index contributed by atoms with van der Waals surface area (Å²) in [5.74, 6) is 0.0264. The molecule has 0 aliphatic carbocycles. The average molecular weight is 196 g/mol. The van der Waals surface area contributed by atoms with Crippen LogP contribution in [0.15, 0.2) is 18.2 Å². The van der Waals surface area contributed by atoms with Crippen LogP contribution in [0.1, 0.15) is 12.5 Å². The highest BCUT2D eigenvalue weighted by Gasteiger charge is 2.40. The van der Waals surface area contributed by atoms with Gasteiger partial charge in [-0.15, -0.1) is 0 Å². The lowest BCUT2D eigenvalue weighted by Crippen LogP contribution is -2.17. The number of epoxide rings is 1. The second kappa shape index (κ2) is 3.24. The Balaban J connectivity index is 2.05. The molecule has 0 N–H and O–H groups in total. The summed E-state index contributed by atoms with van der Waals surface area (Å²) < 4.78 is 23.9. The lowest BCUT2D eigenvalue weighted by Gasteiger charge is -2.10. The number of ether oxygens (including phenoxy) is 2. The topological polar surface area (TPSA) is 21.8 Å². The monoisotopic (exact) mass is 196 g/mol. The van der Waals surface area contributed by atoms with E-state index in [1.54, 1.807) is 25.1 Å². The summed E-state index contributed by atoms with van der Waals surface area (Å²) in [6.07, 6.45) is 0. The molecule has 1 fully saturated rings. The van der Waals surface area contributed by atoms with Crippen molar-refractivity contribution >= 4 is 0 Å². The lowest BCUT2D eigenvalue weighted by molar-refractivity contribution is 0.196. The summed E-state index contributed by atoms with van der Waals surface area (Å²) >= 11 is 0. The number of halogens is 1. The molecule has 3 heteroatoms. The minimum absolute atomic E-state index is 0.198. The second-order valence-corrected chi connectivity index (χ2v) is 3.91. The molecule has 14 heavy (non-hydrogen) atoms. The second-order valence-electron chi connectivity index (χ2n) is 3.91. The number of benzene rings is 1. The average Bonchev–Trinajstić information content (AvgIpc) is 2.88. The molecule has 1 aliphatic heterocycles. The predicted octanol–water partition coefficient (Wildman–Crippen LogP) is 2.30. The molecule has 0 aromatic heterocycles. The van der Waals surface area contributed by atoms with E-state index in [-0.39, 0.29) is 11.4 Å². The fourth-order valence-corrected chi connectivity index (χ4v) is 1.17. The third-order valence-electron chi connectivity index (χ3n) is 2.33. The predicted molar refractivity (Wildman–Crippen MR) is 51.0 cm³/mol. The van der Waals surface area contributed by atoms with Crippen molar-refractivity contribution in [3.8, 4) is 5.75 Å². The maximum absolute atomic E-state index is 13.4. The highest BCUT2D eigenvalue weighted by molar-refractivity contribution is 5.30. The molecule has 1 heterocycles. The fourth-order valence-electron chi connectivity index (χ4n) is 1.17. The number of rotatable bonds is 3. The molecule has 0 amide bonds. The molecule has 2 rings (SSSR count). The van der Waals surface area contributed by atoms with Gasteiger partial charge in [-0.25, -0.2) is 4.39 Å². The van der Waals surface area contributed by atoms with Crippen molar-refractivity contribution in [2.24, 2.45) is 0 Å². The molecule has 1 saturated heterocycles. The zero-order chi connectivity index (χ0) is 10.2. The van der Waals surface area contributed by atoms with Crippen LogP contribution in [-0.2, 0) is 4.74 Å². The molecule has 76 valence electrons. The van der Waals surface area contributed by atoms with Crippen molar-refractivity contribution in [1.82, 2.24) is 0 Å². The van der Waals surface area contributed by atoms with Crippen LogP contribution in [0.5, 0.6) is 5.75 Å². The normalized spacial score (nSPS) is 24.8. The minimum Gasteiger partial charge on any atom is -0.487 e. The van der Waals surface area contributed by atoms with Gasteiger partial charge in [-0.1, -0.05) is 12.1 Å². The van der Waals surface area contributed by atoms with Crippen LogP contribution in [0.4, 0.5) is 4.39 Å². The summed E-state index contributed by atoms with van der Waals surface area (Å²) in [7, 11) is 0. The van der Waals surface area contributed by atoms with Crippen LogP contribution in [0.25, 0.3) is 0 Å².